The number of benzene rings is 1. The van der Waals surface area contributed by atoms with Gasteiger partial charge in [0.05, 0.1) is 17.5 Å². The van der Waals surface area contributed by atoms with Crippen molar-refractivity contribution >= 4 is 16.8 Å². The maximum Gasteiger partial charge on any atom is 0.143 e. The third-order valence-corrected chi connectivity index (χ3v) is 4.54. The van der Waals surface area contributed by atoms with Crippen LogP contribution in [0.15, 0.2) is 24.3 Å². The van der Waals surface area contributed by atoms with E-state index in [9.17, 15) is 4.79 Å². The molecule has 0 amide bonds. The summed E-state index contributed by atoms with van der Waals surface area (Å²) < 4.78 is 2.21. The van der Waals surface area contributed by atoms with Crippen LogP contribution >= 0.6 is 0 Å². The average Bonchev–Trinajstić information content (AvgIpc) is 2.75. The predicted molar refractivity (Wildman–Crippen MR) is 84.3 cm³/mol. The van der Waals surface area contributed by atoms with E-state index in [2.05, 4.69) is 34.8 Å². The largest absolute Gasteiger partial charge is 0.328 e. The van der Waals surface area contributed by atoms with E-state index in [1.54, 1.807) is 0 Å². The van der Waals surface area contributed by atoms with Gasteiger partial charge in [-0.05, 0) is 37.6 Å². The van der Waals surface area contributed by atoms with E-state index >= 15 is 0 Å². The Bertz CT molecular complexity index is 643. The molecular weight excluding hydrogens is 262 g/mol. The van der Waals surface area contributed by atoms with Crippen LogP contribution in [0, 0.1) is 11.8 Å². The molecule has 1 unspecified atom stereocenters. The first kappa shape index (κ1) is 14.3. The first-order valence-electron chi connectivity index (χ1n) is 7.88. The topological polar surface area (TPSA) is 46.9 Å². The fourth-order valence-corrected chi connectivity index (χ4v) is 2.98. The first-order valence-corrected chi connectivity index (χ1v) is 7.88. The number of aromatic nitrogens is 2. The van der Waals surface area contributed by atoms with Gasteiger partial charge in [-0.25, -0.2) is 4.98 Å². The first-order chi connectivity index (χ1) is 10.2. The number of carbonyl (C=O) groups is 1. The number of nitrogens with zero attached hydrogens (tertiary/aromatic N) is 2. The lowest BCUT2D eigenvalue weighted by atomic mass is 9.85. The highest BCUT2D eigenvalue weighted by molar-refractivity contribution is 5.84. The van der Waals surface area contributed by atoms with E-state index in [1.807, 2.05) is 18.2 Å². The van der Waals surface area contributed by atoms with Gasteiger partial charge in [-0.3, -0.25) is 4.79 Å². The van der Waals surface area contributed by atoms with Crippen LogP contribution in [0.2, 0.25) is 0 Å². The van der Waals surface area contributed by atoms with Crippen molar-refractivity contribution in [2.45, 2.75) is 33.2 Å². The number of fused-ring (bicyclic) bond motifs is 1. The third kappa shape index (κ3) is 2.72. The minimum atomic E-state index is 0.126. The molecule has 0 bridgehead atoms. The molecule has 1 aliphatic heterocycles. The molecule has 1 atom stereocenters. The molecule has 0 radical (unpaired) electrons. The SMILES string of the molecule is CCCn1c(CC(=O)C(C)C2CNC2)nc2ccccc21. The Morgan fingerprint density at radius 2 is 2.19 bits per heavy atom. The van der Waals surface area contributed by atoms with Crippen LogP contribution in [0.4, 0.5) is 0 Å². The van der Waals surface area contributed by atoms with Crippen LogP contribution in [0.1, 0.15) is 26.1 Å². The number of rotatable bonds is 6. The predicted octanol–water partition coefficient (Wildman–Crippen LogP) is 2.41. The van der Waals surface area contributed by atoms with Gasteiger partial charge in [0.15, 0.2) is 0 Å². The average molecular weight is 285 g/mol. The molecule has 0 saturated carbocycles. The highest BCUT2D eigenvalue weighted by Crippen LogP contribution is 2.21. The lowest BCUT2D eigenvalue weighted by Crippen LogP contribution is -2.47. The molecule has 2 aromatic rings. The highest BCUT2D eigenvalue weighted by Gasteiger charge is 2.29. The van der Waals surface area contributed by atoms with E-state index in [0.717, 1.165) is 42.9 Å². The van der Waals surface area contributed by atoms with Gasteiger partial charge in [0.25, 0.3) is 0 Å². The fraction of sp³-hybridized carbons (Fsp3) is 0.529. The van der Waals surface area contributed by atoms with Crippen molar-refractivity contribution in [3.8, 4) is 0 Å². The van der Waals surface area contributed by atoms with Crippen LogP contribution in [-0.4, -0.2) is 28.4 Å². The maximum absolute atomic E-state index is 12.5. The van der Waals surface area contributed by atoms with Crippen molar-refractivity contribution in [2.24, 2.45) is 11.8 Å². The summed E-state index contributed by atoms with van der Waals surface area (Å²) in [5, 5.41) is 3.24. The fourth-order valence-electron chi connectivity index (χ4n) is 2.98. The van der Waals surface area contributed by atoms with Crippen LogP contribution in [0.3, 0.4) is 0 Å². The monoisotopic (exact) mass is 285 g/mol. The summed E-state index contributed by atoms with van der Waals surface area (Å²) in [4.78, 5) is 17.2. The summed E-state index contributed by atoms with van der Waals surface area (Å²) in [6.07, 6.45) is 1.50. The smallest absolute Gasteiger partial charge is 0.143 e. The summed E-state index contributed by atoms with van der Waals surface area (Å²) in [6.45, 7) is 7.07. The number of aryl methyl sites for hydroxylation is 1. The van der Waals surface area contributed by atoms with Gasteiger partial charge in [0.1, 0.15) is 11.6 Å². The minimum absolute atomic E-state index is 0.126. The van der Waals surface area contributed by atoms with Crippen molar-refractivity contribution < 1.29 is 4.79 Å². The summed E-state index contributed by atoms with van der Waals surface area (Å²) in [5.74, 6) is 1.86. The molecule has 4 nitrogen and oxygen atoms in total. The molecule has 1 saturated heterocycles. The molecule has 1 fully saturated rings. The van der Waals surface area contributed by atoms with Crippen molar-refractivity contribution in [3.05, 3.63) is 30.1 Å². The van der Waals surface area contributed by atoms with Crippen LogP contribution in [0.25, 0.3) is 11.0 Å². The second-order valence-corrected chi connectivity index (χ2v) is 6.02. The third-order valence-electron chi connectivity index (χ3n) is 4.54. The molecule has 1 aromatic carbocycles. The zero-order valence-electron chi connectivity index (χ0n) is 12.8. The Hall–Kier alpha value is -1.68. The van der Waals surface area contributed by atoms with E-state index in [1.165, 1.54) is 0 Å². The summed E-state index contributed by atoms with van der Waals surface area (Å²) in [7, 11) is 0. The van der Waals surface area contributed by atoms with Crippen molar-refractivity contribution in [2.75, 3.05) is 13.1 Å². The van der Waals surface area contributed by atoms with Crippen molar-refractivity contribution in [3.63, 3.8) is 0 Å². The zero-order chi connectivity index (χ0) is 14.8. The summed E-state index contributed by atoms with van der Waals surface area (Å²) >= 11 is 0. The molecule has 3 rings (SSSR count). The van der Waals surface area contributed by atoms with Crippen LogP contribution < -0.4 is 5.32 Å². The number of hydrogen-bond donors (Lipinski definition) is 1. The number of para-hydroxylation sites is 2. The molecule has 1 aliphatic rings. The van der Waals surface area contributed by atoms with Crippen LogP contribution in [0.5, 0.6) is 0 Å². The quantitative estimate of drug-likeness (QED) is 0.886. The number of ketones is 1. The maximum atomic E-state index is 12.5. The number of nitrogens with one attached hydrogen (secondary N) is 1. The Balaban J connectivity index is 1.85. The highest BCUT2D eigenvalue weighted by atomic mass is 16.1. The molecule has 21 heavy (non-hydrogen) atoms. The minimum Gasteiger partial charge on any atom is -0.328 e. The van der Waals surface area contributed by atoms with Gasteiger partial charge >= 0.3 is 0 Å². The molecule has 0 aliphatic carbocycles. The molecule has 4 heteroatoms. The number of carbonyl (C=O) groups excluding carboxylic acids is 1. The van der Waals surface area contributed by atoms with E-state index in [4.69, 9.17) is 0 Å². The van der Waals surface area contributed by atoms with E-state index in [0.29, 0.717) is 18.1 Å². The number of imidazole rings is 1. The molecule has 0 spiro atoms. The lowest BCUT2D eigenvalue weighted by molar-refractivity contribution is -0.124. The Labute approximate surface area is 125 Å². The Kier molecular flexibility index (Phi) is 4.06. The zero-order valence-corrected chi connectivity index (χ0v) is 12.8. The second kappa shape index (κ2) is 5.98. The molecular formula is C17H23N3O. The van der Waals surface area contributed by atoms with E-state index < -0.39 is 0 Å². The molecule has 2 heterocycles. The Morgan fingerprint density at radius 1 is 1.43 bits per heavy atom. The van der Waals surface area contributed by atoms with Gasteiger partial charge in [0, 0.05) is 12.5 Å². The standard InChI is InChI=1S/C17H23N3O/c1-3-8-20-15-7-5-4-6-14(15)19-17(20)9-16(21)12(2)13-10-18-11-13/h4-7,12-13,18H,3,8-11H2,1-2H3. The number of Topliss-reactive ketones (excluding diaryl/α,β-unsaturated/α-hetero) is 1. The van der Waals surface area contributed by atoms with E-state index in [-0.39, 0.29) is 5.92 Å². The van der Waals surface area contributed by atoms with Crippen LogP contribution in [-0.2, 0) is 17.8 Å². The number of hydrogen-bond acceptors (Lipinski definition) is 3. The summed E-state index contributed by atoms with van der Waals surface area (Å²) in [5.41, 5.74) is 2.13. The van der Waals surface area contributed by atoms with Gasteiger partial charge in [0.2, 0.25) is 0 Å². The summed E-state index contributed by atoms with van der Waals surface area (Å²) in [6, 6.07) is 8.14. The molecule has 112 valence electrons. The molecule has 1 N–H and O–H groups in total. The Morgan fingerprint density at radius 3 is 2.86 bits per heavy atom. The van der Waals surface area contributed by atoms with Gasteiger partial charge in [-0.1, -0.05) is 26.0 Å². The van der Waals surface area contributed by atoms with Gasteiger partial charge < -0.3 is 9.88 Å². The van der Waals surface area contributed by atoms with Gasteiger partial charge in [-0.2, -0.15) is 0 Å². The normalized spacial score (nSPS) is 16.9. The molecule has 1 aromatic heterocycles. The van der Waals surface area contributed by atoms with Crippen molar-refractivity contribution in [1.29, 1.82) is 0 Å². The van der Waals surface area contributed by atoms with Gasteiger partial charge in [-0.15, -0.1) is 0 Å². The van der Waals surface area contributed by atoms with Crippen molar-refractivity contribution in [1.82, 2.24) is 14.9 Å². The lowest BCUT2D eigenvalue weighted by Gasteiger charge is -2.31. The second-order valence-electron chi connectivity index (χ2n) is 6.02.